The van der Waals surface area contributed by atoms with E-state index in [0.29, 0.717) is 13.2 Å². The van der Waals surface area contributed by atoms with Crippen molar-refractivity contribution in [1.29, 1.82) is 0 Å². The second kappa shape index (κ2) is 6.70. The van der Waals surface area contributed by atoms with Gasteiger partial charge < -0.3 is 15.8 Å². The number of rotatable bonds is 7. The van der Waals surface area contributed by atoms with Crippen molar-refractivity contribution in [2.24, 2.45) is 0 Å². The first kappa shape index (κ1) is 14.1. The Morgan fingerprint density at radius 1 is 1.56 bits per heavy atom. The molecule has 0 atom stereocenters. The highest BCUT2D eigenvalue weighted by Crippen LogP contribution is 2.25. The van der Waals surface area contributed by atoms with Crippen molar-refractivity contribution in [3.8, 4) is 0 Å². The lowest BCUT2D eigenvalue weighted by atomic mass is 10.4. The number of nitrogen functional groups attached to an aromatic ring is 1. The third kappa shape index (κ3) is 4.13. The Bertz CT molecular complexity index is 410. The summed E-state index contributed by atoms with van der Waals surface area (Å²) in [5.41, 5.74) is 5.15. The van der Waals surface area contributed by atoms with Gasteiger partial charge in [0.2, 0.25) is 11.6 Å². The fourth-order valence-corrected chi connectivity index (χ4v) is 1.30. The van der Waals surface area contributed by atoms with Gasteiger partial charge in [0.05, 0.1) is 11.0 Å². The Morgan fingerprint density at radius 3 is 2.89 bits per heavy atom. The minimum Gasteiger partial charge on any atom is -0.379 e. The van der Waals surface area contributed by atoms with Crippen LogP contribution >= 0.6 is 0 Å². The van der Waals surface area contributed by atoms with E-state index in [9.17, 15) is 10.1 Å². The van der Waals surface area contributed by atoms with E-state index in [4.69, 9.17) is 10.5 Å². The first-order valence-corrected chi connectivity index (χ1v) is 5.62. The number of nitrogens with zero attached hydrogens (tertiary/aromatic N) is 3. The standard InChI is InChI=1S/C10H17N5O3/c1-7(2)18-5-3-4-12-10-8(15(16)17)9(11)13-6-14-10/h6-7H,3-5H2,1-2H3,(H3,11,12,13,14). The number of aromatic nitrogens is 2. The molecule has 100 valence electrons. The molecule has 8 nitrogen and oxygen atoms in total. The lowest BCUT2D eigenvalue weighted by Crippen LogP contribution is -2.12. The van der Waals surface area contributed by atoms with Crippen LogP contribution in [0.5, 0.6) is 0 Å². The van der Waals surface area contributed by atoms with Crippen LogP contribution in [0, 0.1) is 10.1 Å². The summed E-state index contributed by atoms with van der Waals surface area (Å²) in [5, 5.41) is 13.7. The van der Waals surface area contributed by atoms with Crippen LogP contribution in [0.3, 0.4) is 0 Å². The van der Waals surface area contributed by atoms with E-state index in [-0.39, 0.29) is 23.4 Å². The van der Waals surface area contributed by atoms with Crippen molar-refractivity contribution >= 4 is 17.3 Å². The van der Waals surface area contributed by atoms with Gasteiger partial charge in [0.25, 0.3) is 0 Å². The van der Waals surface area contributed by atoms with E-state index >= 15 is 0 Å². The van der Waals surface area contributed by atoms with Crippen LogP contribution in [-0.2, 0) is 4.74 Å². The quantitative estimate of drug-likeness (QED) is 0.427. The van der Waals surface area contributed by atoms with Crippen molar-refractivity contribution in [2.45, 2.75) is 26.4 Å². The normalized spacial score (nSPS) is 10.6. The summed E-state index contributed by atoms with van der Waals surface area (Å²) in [7, 11) is 0. The maximum absolute atomic E-state index is 10.8. The predicted molar refractivity (Wildman–Crippen MR) is 67.3 cm³/mol. The number of nitrogens with one attached hydrogen (secondary N) is 1. The molecular weight excluding hydrogens is 238 g/mol. The summed E-state index contributed by atoms with van der Waals surface area (Å²) in [5.74, 6) is -0.00650. The average molecular weight is 255 g/mol. The van der Waals surface area contributed by atoms with E-state index < -0.39 is 4.92 Å². The molecule has 0 amide bonds. The Labute approximate surface area is 105 Å². The molecule has 0 bridgehead atoms. The largest absolute Gasteiger partial charge is 0.379 e. The molecule has 1 rings (SSSR count). The minimum atomic E-state index is -0.595. The molecule has 3 N–H and O–H groups in total. The number of anilines is 2. The molecule has 0 aliphatic heterocycles. The monoisotopic (exact) mass is 255 g/mol. The molecule has 0 fully saturated rings. The van der Waals surface area contributed by atoms with Crippen LogP contribution in [-0.4, -0.2) is 34.1 Å². The smallest absolute Gasteiger partial charge is 0.352 e. The van der Waals surface area contributed by atoms with E-state index in [1.54, 1.807) is 0 Å². The van der Waals surface area contributed by atoms with Gasteiger partial charge in [-0.1, -0.05) is 0 Å². The van der Waals surface area contributed by atoms with Crippen molar-refractivity contribution in [2.75, 3.05) is 24.2 Å². The van der Waals surface area contributed by atoms with E-state index in [2.05, 4.69) is 15.3 Å². The highest BCUT2D eigenvalue weighted by atomic mass is 16.6. The van der Waals surface area contributed by atoms with Gasteiger partial charge in [0, 0.05) is 13.2 Å². The molecule has 0 aliphatic carbocycles. The van der Waals surface area contributed by atoms with Crippen LogP contribution in [0.2, 0.25) is 0 Å². The van der Waals surface area contributed by atoms with Gasteiger partial charge in [-0.05, 0) is 20.3 Å². The highest BCUT2D eigenvalue weighted by molar-refractivity contribution is 5.67. The summed E-state index contributed by atoms with van der Waals surface area (Å²) in [6.07, 6.45) is 2.09. The van der Waals surface area contributed by atoms with Crippen molar-refractivity contribution in [3.05, 3.63) is 16.4 Å². The molecule has 1 aromatic heterocycles. The molecule has 8 heteroatoms. The van der Waals surface area contributed by atoms with Crippen LogP contribution in [0.15, 0.2) is 6.33 Å². The second-order valence-electron chi connectivity index (χ2n) is 3.91. The SMILES string of the molecule is CC(C)OCCCNc1ncnc(N)c1[N+](=O)[O-]. The summed E-state index contributed by atoms with van der Waals surface area (Å²) >= 11 is 0. The number of ether oxygens (including phenoxy) is 1. The number of hydrogen-bond acceptors (Lipinski definition) is 7. The predicted octanol–water partition coefficient (Wildman–Crippen LogP) is 1.19. The zero-order valence-electron chi connectivity index (χ0n) is 10.4. The fourth-order valence-electron chi connectivity index (χ4n) is 1.30. The van der Waals surface area contributed by atoms with Gasteiger partial charge in [-0.15, -0.1) is 0 Å². The first-order valence-electron chi connectivity index (χ1n) is 5.62. The van der Waals surface area contributed by atoms with Crippen molar-refractivity contribution in [1.82, 2.24) is 9.97 Å². The molecule has 1 aromatic rings. The molecule has 0 unspecified atom stereocenters. The zero-order chi connectivity index (χ0) is 13.5. The zero-order valence-corrected chi connectivity index (χ0v) is 10.4. The van der Waals surface area contributed by atoms with Crippen molar-refractivity contribution < 1.29 is 9.66 Å². The Kier molecular flexibility index (Phi) is 5.25. The van der Waals surface area contributed by atoms with Crippen LogP contribution in [0.1, 0.15) is 20.3 Å². The molecule has 0 spiro atoms. The third-order valence-corrected chi connectivity index (χ3v) is 2.10. The summed E-state index contributed by atoms with van der Waals surface area (Å²) in [4.78, 5) is 17.6. The van der Waals surface area contributed by atoms with E-state index in [0.717, 1.165) is 6.42 Å². The minimum absolute atomic E-state index is 0.136. The number of hydrogen-bond donors (Lipinski definition) is 2. The molecule has 0 aromatic carbocycles. The molecule has 0 radical (unpaired) electrons. The van der Waals surface area contributed by atoms with Gasteiger partial charge in [-0.3, -0.25) is 10.1 Å². The second-order valence-corrected chi connectivity index (χ2v) is 3.91. The molecule has 0 aliphatic rings. The Hall–Kier alpha value is -1.96. The Balaban J connectivity index is 2.52. The van der Waals surface area contributed by atoms with Gasteiger partial charge >= 0.3 is 5.69 Å². The topological polar surface area (TPSA) is 116 Å². The molecule has 18 heavy (non-hydrogen) atoms. The van der Waals surface area contributed by atoms with Gasteiger partial charge in [-0.25, -0.2) is 9.97 Å². The Morgan fingerprint density at radius 2 is 2.28 bits per heavy atom. The average Bonchev–Trinajstić information content (AvgIpc) is 2.27. The molecule has 0 saturated carbocycles. The van der Waals surface area contributed by atoms with E-state index in [1.807, 2.05) is 13.8 Å². The van der Waals surface area contributed by atoms with Gasteiger partial charge in [-0.2, -0.15) is 0 Å². The first-order chi connectivity index (χ1) is 8.52. The fraction of sp³-hybridized carbons (Fsp3) is 0.600. The van der Waals surface area contributed by atoms with Crippen LogP contribution < -0.4 is 11.1 Å². The summed E-state index contributed by atoms with van der Waals surface area (Å²) in [6.45, 7) is 5.00. The van der Waals surface area contributed by atoms with Crippen molar-refractivity contribution in [3.63, 3.8) is 0 Å². The van der Waals surface area contributed by atoms with Gasteiger partial charge in [0.15, 0.2) is 0 Å². The van der Waals surface area contributed by atoms with Crippen LogP contribution in [0.4, 0.5) is 17.3 Å². The number of nitro groups is 1. The van der Waals surface area contributed by atoms with Crippen LogP contribution in [0.25, 0.3) is 0 Å². The summed E-state index contributed by atoms with van der Waals surface area (Å²) < 4.78 is 5.35. The molecule has 0 saturated heterocycles. The summed E-state index contributed by atoms with van der Waals surface area (Å²) in [6, 6.07) is 0. The molecular formula is C10H17N5O3. The lowest BCUT2D eigenvalue weighted by molar-refractivity contribution is -0.383. The number of nitrogens with two attached hydrogens (primary N) is 1. The third-order valence-electron chi connectivity index (χ3n) is 2.10. The van der Waals surface area contributed by atoms with E-state index in [1.165, 1.54) is 6.33 Å². The lowest BCUT2D eigenvalue weighted by Gasteiger charge is -2.08. The molecule has 1 heterocycles. The van der Waals surface area contributed by atoms with Gasteiger partial charge in [0.1, 0.15) is 6.33 Å². The maximum Gasteiger partial charge on any atom is 0.352 e. The highest BCUT2D eigenvalue weighted by Gasteiger charge is 2.20. The maximum atomic E-state index is 10.8.